The number of hydrogen-bond donors (Lipinski definition) is 2. The molecule has 7 nitrogen and oxygen atoms in total. The van der Waals surface area contributed by atoms with Gasteiger partial charge in [-0.2, -0.15) is 0 Å². The molecule has 0 atom stereocenters. The van der Waals surface area contributed by atoms with Gasteiger partial charge in [0.1, 0.15) is 17.2 Å². The van der Waals surface area contributed by atoms with Gasteiger partial charge in [-0.25, -0.2) is 0 Å². The molecule has 30 heavy (non-hydrogen) atoms. The zero-order valence-electron chi connectivity index (χ0n) is 16.9. The summed E-state index contributed by atoms with van der Waals surface area (Å²) >= 11 is 0. The Kier molecular flexibility index (Phi) is 6.54. The third kappa shape index (κ3) is 4.70. The van der Waals surface area contributed by atoms with Gasteiger partial charge in [-0.15, -0.1) is 0 Å². The van der Waals surface area contributed by atoms with Crippen molar-refractivity contribution in [1.29, 1.82) is 0 Å². The molecule has 0 aliphatic rings. The maximum Gasteiger partial charge on any atom is 0.259 e. The third-order valence-electron chi connectivity index (χ3n) is 4.43. The van der Waals surface area contributed by atoms with Crippen molar-refractivity contribution in [2.24, 2.45) is 0 Å². The van der Waals surface area contributed by atoms with Crippen molar-refractivity contribution in [3.05, 3.63) is 77.9 Å². The van der Waals surface area contributed by atoms with E-state index in [0.29, 0.717) is 39.8 Å². The molecule has 0 aliphatic heterocycles. The summed E-state index contributed by atoms with van der Waals surface area (Å²) in [6.07, 6.45) is 0. The highest BCUT2D eigenvalue weighted by Gasteiger charge is 2.16. The van der Waals surface area contributed by atoms with E-state index < -0.39 is 0 Å². The van der Waals surface area contributed by atoms with Crippen LogP contribution >= 0.6 is 0 Å². The lowest BCUT2D eigenvalue weighted by atomic mass is 10.1. The van der Waals surface area contributed by atoms with Gasteiger partial charge in [0, 0.05) is 11.6 Å². The Labute approximate surface area is 174 Å². The molecule has 2 N–H and O–H groups in total. The van der Waals surface area contributed by atoms with Crippen molar-refractivity contribution in [3.8, 4) is 17.2 Å². The molecule has 0 fully saturated rings. The summed E-state index contributed by atoms with van der Waals surface area (Å²) in [5.74, 6) is 0.942. The van der Waals surface area contributed by atoms with E-state index in [1.54, 1.807) is 73.8 Å². The Balaban J connectivity index is 1.79. The van der Waals surface area contributed by atoms with Crippen LogP contribution in [0.1, 0.15) is 20.7 Å². The number of amides is 2. The summed E-state index contributed by atoms with van der Waals surface area (Å²) in [6.45, 7) is 0. The SMILES string of the molecule is COc1ccc(C(=O)Nc2ccccc2NC(=O)c2ccc(OC)cc2OC)cc1. The fraction of sp³-hybridized carbons (Fsp3) is 0.130. The summed E-state index contributed by atoms with van der Waals surface area (Å²) in [4.78, 5) is 25.4. The lowest BCUT2D eigenvalue weighted by Gasteiger charge is -2.14. The van der Waals surface area contributed by atoms with Crippen LogP contribution in [0.25, 0.3) is 0 Å². The summed E-state index contributed by atoms with van der Waals surface area (Å²) in [6, 6.07) is 18.6. The molecule has 0 spiro atoms. The molecule has 0 saturated heterocycles. The fourth-order valence-corrected chi connectivity index (χ4v) is 2.81. The van der Waals surface area contributed by atoms with Gasteiger partial charge in [0.25, 0.3) is 11.8 Å². The van der Waals surface area contributed by atoms with Gasteiger partial charge in [-0.3, -0.25) is 9.59 Å². The van der Waals surface area contributed by atoms with E-state index >= 15 is 0 Å². The Morgan fingerprint density at radius 2 is 1.23 bits per heavy atom. The number of para-hydroxylation sites is 2. The third-order valence-corrected chi connectivity index (χ3v) is 4.43. The lowest BCUT2D eigenvalue weighted by molar-refractivity contribution is 0.101. The standard InChI is InChI=1S/C23H22N2O5/c1-28-16-10-8-15(9-11-16)22(26)24-19-6-4-5-7-20(19)25-23(27)18-13-12-17(29-2)14-21(18)30-3/h4-14H,1-3H3,(H,24,26)(H,25,27). The van der Waals surface area contributed by atoms with Crippen molar-refractivity contribution in [3.63, 3.8) is 0 Å². The van der Waals surface area contributed by atoms with Crippen LogP contribution in [0.2, 0.25) is 0 Å². The minimum atomic E-state index is -0.374. The van der Waals surface area contributed by atoms with E-state index in [9.17, 15) is 9.59 Å². The molecule has 0 bridgehead atoms. The summed E-state index contributed by atoms with van der Waals surface area (Å²) in [7, 11) is 4.58. The Morgan fingerprint density at radius 3 is 1.80 bits per heavy atom. The second kappa shape index (κ2) is 9.47. The second-order valence-corrected chi connectivity index (χ2v) is 6.25. The predicted molar refractivity (Wildman–Crippen MR) is 115 cm³/mol. The molecular formula is C23H22N2O5. The Hall–Kier alpha value is -4.00. The number of benzene rings is 3. The van der Waals surface area contributed by atoms with Gasteiger partial charge < -0.3 is 24.8 Å². The van der Waals surface area contributed by atoms with Crippen molar-refractivity contribution in [2.75, 3.05) is 32.0 Å². The lowest BCUT2D eigenvalue weighted by Crippen LogP contribution is -2.17. The van der Waals surface area contributed by atoms with E-state index in [-0.39, 0.29) is 11.8 Å². The van der Waals surface area contributed by atoms with E-state index in [0.717, 1.165) is 0 Å². The Morgan fingerprint density at radius 1 is 0.667 bits per heavy atom. The number of carbonyl (C=O) groups is 2. The molecule has 3 aromatic rings. The van der Waals surface area contributed by atoms with Crippen LogP contribution in [0.3, 0.4) is 0 Å². The zero-order chi connectivity index (χ0) is 21.5. The van der Waals surface area contributed by atoms with E-state index in [4.69, 9.17) is 14.2 Å². The number of hydrogen-bond acceptors (Lipinski definition) is 5. The first-order valence-electron chi connectivity index (χ1n) is 9.13. The van der Waals surface area contributed by atoms with Crippen molar-refractivity contribution < 1.29 is 23.8 Å². The molecule has 2 amide bonds. The normalized spacial score (nSPS) is 10.1. The molecule has 154 valence electrons. The van der Waals surface area contributed by atoms with Crippen LogP contribution in [0.4, 0.5) is 11.4 Å². The van der Waals surface area contributed by atoms with Gasteiger partial charge in [-0.1, -0.05) is 12.1 Å². The average Bonchev–Trinajstić information content (AvgIpc) is 2.79. The van der Waals surface area contributed by atoms with Crippen LogP contribution in [0.15, 0.2) is 66.7 Å². The first kappa shape index (κ1) is 20.7. The summed E-state index contributed by atoms with van der Waals surface area (Å²) in [5, 5.41) is 5.64. The molecule has 0 aliphatic carbocycles. The average molecular weight is 406 g/mol. The fourth-order valence-electron chi connectivity index (χ4n) is 2.81. The van der Waals surface area contributed by atoms with Crippen LogP contribution in [0.5, 0.6) is 17.2 Å². The molecule has 0 saturated carbocycles. The number of methoxy groups -OCH3 is 3. The van der Waals surface area contributed by atoms with E-state index in [2.05, 4.69) is 10.6 Å². The molecule has 3 aromatic carbocycles. The monoisotopic (exact) mass is 406 g/mol. The molecule has 0 aromatic heterocycles. The number of rotatable bonds is 7. The number of carbonyl (C=O) groups excluding carboxylic acids is 2. The highest BCUT2D eigenvalue weighted by atomic mass is 16.5. The topological polar surface area (TPSA) is 85.9 Å². The van der Waals surface area contributed by atoms with Crippen molar-refractivity contribution in [1.82, 2.24) is 0 Å². The predicted octanol–water partition coefficient (Wildman–Crippen LogP) is 4.22. The summed E-state index contributed by atoms with van der Waals surface area (Å²) < 4.78 is 15.6. The molecule has 7 heteroatoms. The highest BCUT2D eigenvalue weighted by Crippen LogP contribution is 2.27. The minimum Gasteiger partial charge on any atom is -0.497 e. The molecule has 0 heterocycles. The minimum absolute atomic E-state index is 0.304. The summed E-state index contributed by atoms with van der Waals surface area (Å²) in [5.41, 5.74) is 1.74. The van der Waals surface area contributed by atoms with Crippen LogP contribution < -0.4 is 24.8 Å². The number of anilines is 2. The zero-order valence-corrected chi connectivity index (χ0v) is 16.9. The van der Waals surface area contributed by atoms with Crippen LogP contribution in [0, 0.1) is 0 Å². The van der Waals surface area contributed by atoms with Gasteiger partial charge in [0.15, 0.2) is 0 Å². The maximum absolute atomic E-state index is 12.8. The van der Waals surface area contributed by atoms with Crippen LogP contribution in [-0.2, 0) is 0 Å². The van der Waals surface area contributed by atoms with Crippen molar-refractivity contribution >= 4 is 23.2 Å². The van der Waals surface area contributed by atoms with Gasteiger partial charge in [-0.05, 0) is 48.5 Å². The van der Waals surface area contributed by atoms with Gasteiger partial charge in [0.05, 0.1) is 38.3 Å². The molecule has 0 radical (unpaired) electrons. The van der Waals surface area contributed by atoms with Gasteiger partial charge in [0.2, 0.25) is 0 Å². The molecule has 0 unspecified atom stereocenters. The smallest absolute Gasteiger partial charge is 0.259 e. The largest absolute Gasteiger partial charge is 0.497 e. The molecular weight excluding hydrogens is 384 g/mol. The number of nitrogens with one attached hydrogen (secondary N) is 2. The second-order valence-electron chi connectivity index (χ2n) is 6.25. The highest BCUT2D eigenvalue weighted by molar-refractivity contribution is 6.10. The van der Waals surface area contributed by atoms with Crippen molar-refractivity contribution in [2.45, 2.75) is 0 Å². The maximum atomic E-state index is 12.8. The number of ether oxygens (including phenoxy) is 3. The van der Waals surface area contributed by atoms with Crippen LogP contribution in [-0.4, -0.2) is 33.1 Å². The van der Waals surface area contributed by atoms with E-state index in [1.165, 1.54) is 14.2 Å². The van der Waals surface area contributed by atoms with Gasteiger partial charge >= 0.3 is 0 Å². The first-order chi connectivity index (χ1) is 14.5. The molecule has 3 rings (SSSR count). The first-order valence-corrected chi connectivity index (χ1v) is 9.13. The quantitative estimate of drug-likeness (QED) is 0.614. The Bertz CT molecular complexity index is 1050. The van der Waals surface area contributed by atoms with E-state index in [1.807, 2.05) is 0 Å².